The molecule has 0 saturated heterocycles. The van der Waals surface area contributed by atoms with Gasteiger partial charge in [-0.25, -0.2) is 4.79 Å². The number of carbonyl (C=O) groups is 1. The summed E-state index contributed by atoms with van der Waals surface area (Å²) in [5.41, 5.74) is 0.887. The van der Waals surface area contributed by atoms with Gasteiger partial charge in [0.15, 0.2) is 0 Å². The van der Waals surface area contributed by atoms with Gasteiger partial charge in [0, 0.05) is 20.0 Å². The number of rotatable bonds is 5. The van der Waals surface area contributed by atoms with Gasteiger partial charge in [-0.05, 0) is 36.8 Å². The number of nitrogens with one attached hydrogen (secondary N) is 1. The van der Waals surface area contributed by atoms with E-state index in [9.17, 15) is 22.8 Å². The number of fused-ring (bicyclic) bond motifs is 1. The molecule has 0 aliphatic carbocycles. The highest BCUT2D eigenvalue weighted by Gasteiger charge is 2.30. The number of para-hydroxylation sites is 2. The third kappa shape index (κ3) is 3.95. The minimum absolute atomic E-state index is 0.0389. The van der Waals surface area contributed by atoms with E-state index in [2.05, 4.69) is 5.32 Å². The molecule has 2 aromatic carbocycles. The standard InChI is InChI=1S/C20H20F3N3O2/c1-13(14-6-5-7-15(12-14)20(21,22)23)24-18(27)10-11-26-17-9-4-3-8-16(17)25(2)19(26)28/h3-9,12-13H,10-11H2,1-2H3,(H,24,27)/t13-/m0/s1. The highest BCUT2D eigenvalue weighted by molar-refractivity contribution is 5.78. The molecule has 3 aromatic rings. The Kier molecular flexibility index (Phi) is 5.31. The highest BCUT2D eigenvalue weighted by atomic mass is 19.4. The van der Waals surface area contributed by atoms with Gasteiger partial charge in [0.2, 0.25) is 5.91 Å². The molecule has 0 fully saturated rings. The van der Waals surface area contributed by atoms with E-state index in [0.717, 1.165) is 23.2 Å². The Morgan fingerprint density at radius 2 is 1.79 bits per heavy atom. The van der Waals surface area contributed by atoms with E-state index in [1.165, 1.54) is 21.3 Å². The zero-order valence-corrected chi connectivity index (χ0v) is 15.5. The van der Waals surface area contributed by atoms with Crippen LogP contribution in [-0.2, 0) is 24.6 Å². The second-order valence-corrected chi connectivity index (χ2v) is 6.64. The summed E-state index contributed by atoms with van der Waals surface area (Å²) in [5, 5.41) is 2.69. The predicted octanol–water partition coefficient (Wildman–Crippen LogP) is 3.63. The van der Waals surface area contributed by atoms with Crippen molar-refractivity contribution in [2.45, 2.75) is 32.1 Å². The van der Waals surface area contributed by atoms with Crippen LogP contribution in [0.2, 0.25) is 0 Å². The van der Waals surface area contributed by atoms with Crippen LogP contribution in [0.5, 0.6) is 0 Å². The molecule has 8 heteroatoms. The number of aromatic nitrogens is 2. The maximum Gasteiger partial charge on any atom is 0.416 e. The first-order valence-corrected chi connectivity index (χ1v) is 8.79. The third-order valence-corrected chi connectivity index (χ3v) is 4.71. The summed E-state index contributed by atoms with van der Waals surface area (Å²) in [6, 6.07) is 11.6. The van der Waals surface area contributed by atoms with Gasteiger partial charge in [-0.2, -0.15) is 13.2 Å². The number of nitrogens with zero attached hydrogens (tertiary/aromatic N) is 2. The molecule has 1 heterocycles. The molecule has 0 aliphatic heterocycles. The molecule has 28 heavy (non-hydrogen) atoms. The lowest BCUT2D eigenvalue weighted by molar-refractivity contribution is -0.137. The number of aryl methyl sites for hydroxylation is 2. The van der Waals surface area contributed by atoms with Gasteiger partial charge >= 0.3 is 11.9 Å². The van der Waals surface area contributed by atoms with E-state index in [1.807, 2.05) is 18.2 Å². The molecule has 0 radical (unpaired) electrons. The average molecular weight is 391 g/mol. The molecule has 0 bridgehead atoms. The van der Waals surface area contributed by atoms with E-state index < -0.39 is 17.8 Å². The van der Waals surface area contributed by atoms with Crippen molar-refractivity contribution in [1.29, 1.82) is 0 Å². The van der Waals surface area contributed by atoms with Gasteiger partial charge in [-0.3, -0.25) is 13.9 Å². The first-order chi connectivity index (χ1) is 13.2. The molecule has 3 rings (SSSR count). The van der Waals surface area contributed by atoms with Crippen molar-refractivity contribution in [2.24, 2.45) is 7.05 Å². The largest absolute Gasteiger partial charge is 0.416 e. The molecule has 0 spiro atoms. The summed E-state index contributed by atoms with van der Waals surface area (Å²) in [6.45, 7) is 1.80. The molecule has 0 unspecified atom stereocenters. The second-order valence-electron chi connectivity index (χ2n) is 6.64. The van der Waals surface area contributed by atoms with Crippen LogP contribution in [0.15, 0.2) is 53.3 Å². The van der Waals surface area contributed by atoms with Gasteiger partial charge in [0.1, 0.15) is 0 Å². The topological polar surface area (TPSA) is 56.0 Å². The molecule has 0 saturated carbocycles. The van der Waals surface area contributed by atoms with Crippen LogP contribution in [0, 0.1) is 0 Å². The quantitative estimate of drug-likeness (QED) is 0.722. The molecule has 5 nitrogen and oxygen atoms in total. The first-order valence-electron chi connectivity index (χ1n) is 8.79. The first kappa shape index (κ1) is 19.7. The predicted molar refractivity (Wildman–Crippen MR) is 99.8 cm³/mol. The molecular weight excluding hydrogens is 371 g/mol. The number of imidazole rings is 1. The Bertz CT molecular complexity index is 1070. The maximum atomic E-state index is 12.8. The Balaban J connectivity index is 1.69. The number of alkyl halides is 3. The van der Waals surface area contributed by atoms with Gasteiger partial charge in [0.25, 0.3) is 0 Å². The fourth-order valence-electron chi connectivity index (χ4n) is 3.17. The number of hydrogen-bond acceptors (Lipinski definition) is 2. The summed E-state index contributed by atoms with van der Waals surface area (Å²) in [4.78, 5) is 24.6. The fourth-order valence-corrected chi connectivity index (χ4v) is 3.17. The number of carbonyl (C=O) groups excluding carboxylic acids is 1. The van der Waals surface area contributed by atoms with Crippen LogP contribution in [0.3, 0.4) is 0 Å². The van der Waals surface area contributed by atoms with Gasteiger partial charge in [0.05, 0.1) is 22.6 Å². The highest BCUT2D eigenvalue weighted by Crippen LogP contribution is 2.30. The van der Waals surface area contributed by atoms with E-state index in [0.29, 0.717) is 5.56 Å². The lowest BCUT2D eigenvalue weighted by atomic mass is 10.0. The van der Waals surface area contributed by atoms with Crippen LogP contribution >= 0.6 is 0 Å². The van der Waals surface area contributed by atoms with Crippen LogP contribution in [-0.4, -0.2) is 15.0 Å². The summed E-state index contributed by atoms with van der Waals surface area (Å²) in [6.07, 6.45) is -4.40. The van der Waals surface area contributed by atoms with Gasteiger partial charge < -0.3 is 5.32 Å². The van der Waals surface area contributed by atoms with Crippen LogP contribution in [0.25, 0.3) is 11.0 Å². The molecule has 1 amide bonds. The van der Waals surface area contributed by atoms with Gasteiger partial charge in [-0.15, -0.1) is 0 Å². The second kappa shape index (κ2) is 7.53. The van der Waals surface area contributed by atoms with Crippen molar-refractivity contribution in [1.82, 2.24) is 14.5 Å². The Hall–Kier alpha value is -3.03. The van der Waals surface area contributed by atoms with Crippen molar-refractivity contribution in [2.75, 3.05) is 0 Å². The zero-order valence-electron chi connectivity index (χ0n) is 15.5. The summed E-state index contributed by atoms with van der Waals surface area (Å²) in [5.74, 6) is -0.343. The normalized spacial score (nSPS) is 12.9. The molecule has 0 aliphatic rings. The smallest absolute Gasteiger partial charge is 0.350 e. The molecule has 148 valence electrons. The minimum atomic E-state index is -4.44. The average Bonchev–Trinajstić information content (AvgIpc) is 2.90. The lowest BCUT2D eigenvalue weighted by Gasteiger charge is -2.16. The Morgan fingerprint density at radius 1 is 1.11 bits per heavy atom. The van der Waals surface area contributed by atoms with Crippen molar-refractivity contribution < 1.29 is 18.0 Å². The monoisotopic (exact) mass is 391 g/mol. The summed E-state index contributed by atoms with van der Waals surface area (Å²) < 4.78 is 41.6. The van der Waals surface area contributed by atoms with Crippen molar-refractivity contribution in [3.63, 3.8) is 0 Å². The van der Waals surface area contributed by atoms with E-state index in [-0.39, 0.29) is 24.6 Å². The molecular formula is C20H20F3N3O2. The minimum Gasteiger partial charge on any atom is -0.350 e. The number of benzene rings is 2. The summed E-state index contributed by atoms with van der Waals surface area (Å²) in [7, 11) is 1.66. The Labute approximate surface area is 159 Å². The molecule has 1 atom stereocenters. The summed E-state index contributed by atoms with van der Waals surface area (Å²) >= 11 is 0. The third-order valence-electron chi connectivity index (χ3n) is 4.71. The zero-order chi connectivity index (χ0) is 20.5. The Morgan fingerprint density at radius 3 is 2.46 bits per heavy atom. The fraction of sp³-hybridized carbons (Fsp3) is 0.300. The SMILES string of the molecule is C[C@H](NC(=O)CCn1c(=O)n(C)c2ccccc21)c1cccc(C(F)(F)F)c1. The van der Waals surface area contributed by atoms with Crippen molar-refractivity contribution in [3.05, 3.63) is 70.1 Å². The van der Waals surface area contributed by atoms with Gasteiger partial charge in [-0.1, -0.05) is 24.3 Å². The van der Waals surface area contributed by atoms with Crippen molar-refractivity contribution >= 4 is 16.9 Å². The van der Waals surface area contributed by atoms with E-state index in [4.69, 9.17) is 0 Å². The van der Waals surface area contributed by atoms with Crippen molar-refractivity contribution in [3.8, 4) is 0 Å². The van der Waals surface area contributed by atoms with E-state index >= 15 is 0 Å². The van der Waals surface area contributed by atoms with Crippen LogP contribution < -0.4 is 11.0 Å². The number of amides is 1. The number of halogens is 3. The van der Waals surface area contributed by atoms with E-state index in [1.54, 1.807) is 20.0 Å². The molecule has 1 aromatic heterocycles. The maximum absolute atomic E-state index is 12.8. The number of hydrogen-bond donors (Lipinski definition) is 1. The van der Waals surface area contributed by atoms with Crippen LogP contribution in [0.4, 0.5) is 13.2 Å². The van der Waals surface area contributed by atoms with Crippen LogP contribution in [0.1, 0.15) is 30.5 Å². The lowest BCUT2D eigenvalue weighted by Crippen LogP contribution is -2.29. The molecule has 1 N–H and O–H groups in total.